The lowest BCUT2D eigenvalue weighted by Crippen LogP contribution is -1.84. The summed E-state index contributed by atoms with van der Waals surface area (Å²) in [6.45, 7) is 7.94. The second kappa shape index (κ2) is 3.86. The molecule has 0 unspecified atom stereocenters. The number of pyridine rings is 1. The van der Waals surface area contributed by atoms with Crippen LogP contribution in [0.1, 0.15) is 19.4 Å². The van der Waals surface area contributed by atoms with Gasteiger partial charge in [0.05, 0.1) is 0 Å². The zero-order valence-electron chi connectivity index (χ0n) is 7.54. The first-order chi connectivity index (χ1) is 5.75. The molecule has 0 aliphatic carbocycles. The number of hydrogen-bond donors (Lipinski definition) is 0. The van der Waals surface area contributed by atoms with Crippen molar-refractivity contribution in [2.24, 2.45) is 0 Å². The zero-order valence-corrected chi connectivity index (χ0v) is 7.54. The van der Waals surface area contributed by atoms with E-state index in [0.29, 0.717) is 0 Å². The largest absolute Gasteiger partial charge is 0.265 e. The van der Waals surface area contributed by atoms with Crippen LogP contribution in [0.3, 0.4) is 0 Å². The Balaban J connectivity index is 3.05. The van der Waals surface area contributed by atoms with Crippen LogP contribution in [-0.2, 0) is 0 Å². The van der Waals surface area contributed by atoms with Gasteiger partial charge in [0.2, 0.25) is 0 Å². The van der Waals surface area contributed by atoms with Gasteiger partial charge in [-0.2, -0.15) is 0 Å². The number of hydrogen-bond acceptors (Lipinski definition) is 1. The summed E-state index contributed by atoms with van der Waals surface area (Å²) in [4.78, 5) is 3.96. The molecule has 0 N–H and O–H groups in total. The van der Waals surface area contributed by atoms with Gasteiger partial charge in [0.25, 0.3) is 0 Å². The van der Waals surface area contributed by atoms with E-state index in [4.69, 9.17) is 0 Å². The first kappa shape index (κ1) is 8.72. The van der Waals surface area contributed by atoms with Crippen molar-refractivity contribution in [3.05, 3.63) is 48.3 Å². The maximum atomic E-state index is 3.96. The summed E-state index contributed by atoms with van der Waals surface area (Å²) in [5.41, 5.74) is 3.46. The van der Waals surface area contributed by atoms with E-state index in [2.05, 4.69) is 17.6 Å². The average molecular weight is 159 g/mol. The van der Waals surface area contributed by atoms with Gasteiger partial charge < -0.3 is 0 Å². The molecule has 0 radical (unpaired) electrons. The smallest absolute Gasteiger partial charge is 0.0273 e. The maximum absolute atomic E-state index is 3.96. The van der Waals surface area contributed by atoms with E-state index in [-0.39, 0.29) is 0 Å². The first-order valence-corrected chi connectivity index (χ1v) is 3.98. The van der Waals surface area contributed by atoms with Crippen molar-refractivity contribution in [1.82, 2.24) is 4.98 Å². The van der Waals surface area contributed by atoms with Gasteiger partial charge >= 0.3 is 0 Å². The molecule has 0 fully saturated rings. The standard InChI is InChI=1S/C11H13N/c1-4-11(9(2)3)10-5-7-12-8-6-10/h4-8H,2H2,1,3H3. The second-order valence-electron chi connectivity index (χ2n) is 2.72. The molecule has 12 heavy (non-hydrogen) atoms. The summed E-state index contributed by atoms with van der Waals surface area (Å²) >= 11 is 0. The van der Waals surface area contributed by atoms with Crippen molar-refractivity contribution in [3.63, 3.8) is 0 Å². The van der Waals surface area contributed by atoms with Crippen LogP contribution >= 0.6 is 0 Å². The van der Waals surface area contributed by atoms with Crippen molar-refractivity contribution in [3.8, 4) is 0 Å². The molecule has 0 amide bonds. The van der Waals surface area contributed by atoms with E-state index >= 15 is 0 Å². The summed E-state index contributed by atoms with van der Waals surface area (Å²) in [6.07, 6.45) is 5.65. The van der Waals surface area contributed by atoms with E-state index in [9.17, 15) is 0 Å². The Morgan fingerprint density at radius 2 is 2.00 bits per heavy atom. The molecule has 1 nitrogen and oxygen atoms in total. The van der Waals surface area contributed by atoms with Crippen LogP contribution in [-0.4, -0.2) is 4.98 Å². The van der Waals surface area contributed by atoms with Crippen molar-refractivity contribution in [1.29, 1.82) is 0 Å². The SMILES string of the molecule is C=C(C)C(=CC)c1ccncc1. The molecule has 62 valence electrons. The fourth-order valence-corrected chi connectivity index (χ4v) is 1.19. The lowest BCUT2D eigenvalue weighted by atomic mass is 10.0. The van der Waals surface area contributed by atoms with E-state index < -0.39 is 0 Å². The van der Waals surface area contributed by atoms with Crippen molar-refractivity contribution in [2.75, 3.05) is 0 Å². The van der Waals surface area contributed by atoms with Gasteiger partial charge in [0, 0.05) is 12.4 Å². The first-order valence-electron chi connectivity index (χ1n) is 3.98. The summed E-state index contributed by atoms with van der Waals surface area (Å²) in [5, 5.41) is 0. The van der Waals surface area contributed by atoms with Crippen LogP contribution in [0.5, 0.6) is 0 Å². The molecule has 1 aromatic heterocycles. The van der Waals surface area contributed by atoms with Gasteiger partial charge in [-0.15, -0.1) is 0 Å². The van der Waals surface area contributed by atoms with Gasteiger partial charge in [-0.05, 0) is 37.1 Å². The fraction of sp³-hybridized carbons (Fsp3) is 0.182. The van der Waals surface area contributed by atoms with Crippen molar-refractivity contribution in [2.45, 2.75) is 13.8 Å². The van der Waals surface area contributed by atoms with Crippen LogP contribution < -0.4 is 0 Å². The number of nitrogens with zero attached hydrogens (tertiary/aromatic N) is 1. The Morgan fingerprint density at radius 1 is 1.42 bits per heavy atom. The minimum atomic E-state index is 1.09. The normalized spacial score (nSPS) is 11.3. The highest BCUT2D eigenvalue weighted by molar-refractivity contribution is 5.77. The molecule has 1 heterocycles. The van der Waals surface area contributed by atoms with E-state index in [1.165, 1.54) is 11.1 Å². The monoisotopic (exact) mass is 159 g/mol. The lowest BCUT2D eigenvalue weighted by molar-refractivity contribution is 1.31. The van der Waals surface area contributed by atoms with Gasteiger partial charge in [-0.25, -0.2) is 0 Å². The van der Waals surface area contributed by atoms with Crippen molar-refractivity contribution >= 4 is 5.57 Å². The summed E-state index contributed by atoms with van der Waals surface area (Å²) in [7, 11) is 0. The van der Waals surface area contributed by atoms with E-state index in [0.717, 1.165) is 5.57 Å². The molecule has 0 aliphatic rings. The quantitative estimate of drug-likeness (QED) is 0.604. The Kier molecular flexibility index (Phi) is 2.81. The third kappa shape index (κ3) is 1.82. The van der Waals surface area contributed by atoms with Gasteiger partial charge in [0.15, 0.2) is 0 Å². The highest BCUT2D eigenvalue weighted by atomic mass is 14.6. The van der Waals surface area contributed by atoms with Gasteiger partial charge in [-0.1, -0.05) is 18.2 Å². The highest BCUT2D eigenvalue weighted by Crippen LogP contribution is 2.19. The minimum absolute atomic E-state index is 1.09. The van der Waals surface area contributed by atoms with E-state index in [1.54, 1.807) is 12.4 Å². The topological polar surface area (TPSA) is 12.9 Å². The average Bonchev–Trinajstić information content (AvgIpc) is 2.07. The molecule has 0 bridgehead atoms. The van der Waals surface area contributed by atoms with Crippen LogP contribution in [0, 0.1) is 0 Å². The molecule has 0 atom stereocenters. The molecule has 0 spiro atoms. The van der Waals surface area contributed by atoms with Crippen LogP contribution in [0.2, 0.25) is 0 Å². The molecule has 0 saturated heterocycles. The fourth-order valence-electron chi connectivity index (χ4n) is 1.19. The Bertz CT molecular complexity index is 296. The molecule has 0 aliphatic heterocycles. The van der Waals surface area contributed by atoms with E-state index in [1.807, 2.05) is 26.0 Å². The minimum Gasteiger partial charge on any atom is -0.265 e. The Hall–Kier alpha value is -1.37. The molecule has 0 saturated carbocycles. The molecular formula is C11H13N. The summed E-state index contributed by atoms with van der Waals surface area (Å²) in [6, 6.07) is 3.98. The van der Waals surface area contributed by atoms with Crippen molar-refractivity contribution < 1.29 is 0 Å². The molecule has 1 rings (SSSR count). The van der Waals surface area contributed by atoms with Crippen LogP contribution in [0.15, 0.2) is 42.8 Å². The van der Waals surface area contributed by atoms with Gasteiger partial charge in [-0.3, -0.25) is 4.98 Å². The number of rotatable bonds is 2. The predicted octanol–water partition coefficient (Wildman–Crippen LogP) is 3.06. The Morgan fingerprint density at radius 3 is 2.42 bits per heavy atom. The molecule has 0 aromatic carbocycles. The zero-order chi connectivity index (χ0) is 8.97. The highest BCUT2D eigenvalue weighted by Gasteiger charge is 1.98. The molecule has 1 heteroatoms. The molecule has 1 aromatic rings. The predicted molar refractivity (Wildman–Crippen MR) is 52.7 cm³/mol. The van der Waals surface area contributed by atoms with Crippen LogP contribution in [0.4, 0.5) is 0 Å². The number of aromatic nitrogens is 1. The van der Waals surface area contributed by atoms with Gasteiger partial charge in [0.1, 0.15) is 0 Å². The lowest BCUT2D eigenvalue weighted by Gasteiger charge is -2.04. The second-order valence-corrected chi connectivity index (χ2v) is 2.72. The summed E-state index contributed by atoms with van der Waals surface area (Å²) < 4.78 is 0. The third-order valence-electron chi connectivity index (χ3n) is 1.74. The number of allylic oxidation sites excluding steroid dienone is 3. The third-order valence-corrected chi connectivity index (χ3v) is 1.74. The Labute approximate surface area is 73.5 Å². The van der Waals surface area contributed by atoms with Crippen LogP contribution in [0.25, 0.3) is 5.57 Å². The summed E-state index contributed by atoms with van der Waals surface area (Å²) in [5.74, 6) is 0. The maximum Gasteiger partial charge on any atom is 0.0273 e. The molecular weight excluding hydrogens is 146 g/mol.